The van der Waals surface area contributed by atoms with E-state index in [2.05, 4.69) is 4.31 Å². The zero-order chi connectivity index (χ0) is 7.71. The van der Waals surface area contributed by atoms with E-state index in [4.69, 9.17) is 0 Å². The summed E-state index contributed by atoms with van der Waals surface area (Å²) in [6.07, 6.45) is 0. The van der Waals surface area contributed by atoms with Crippen LogP contribution in [0, 0.1) is 0 Å². The second-order valence-electron chi connectivity index (χ2n) is 0.976. The topological polar surface area (TPSA) is 136 Å². The van der Waals surface area contributed by atoms with Crippen LogP contribution in [0.25, 0.3) is 0 Å². The molecule has 0 aliphatic heterocycles. The predicted molar refractivity (Wildman–Crippen MR) is 16.3 cm³/mol. The molecule has 0 aromatic carbocycles. The summed E-state index contributed by atoms with van der Waals surface area (Å²) in [6, 6.07) is 0. The Morgan fingerprint density at radius 3 is 1.10 bits per heavy atom. The third kappa shape index (κ3) is 11.6. The van der Waals surface area contributed by atoms with Gasteiger partial charge in [0.15, 0.2) is 0 Å². The predicted octanol–water partition coefficient (Wildman–Crippen LogP) is -3.34. The summed E-state index contributed by atoms with van der Waals surface area (Å²) in [5.74, 6) is 0. The summed E-state index contributed by atoms with van der Waals surface area (Å²) in [6.45, 7) is 0. The van der Waals surface area contributed by atoms with E-state index < -0.39 is 15.6 Å². The zero-order valence-corrected chi connectivity index (χ0v) is 6.78. The fraction of sp³-hybridized carbons (Fsp3) is 0. The second-order valence-corrected chi connectivity index (χ2v) is 3.42. The molecule has 0 saturated carbocycles. The summed E-state index contributed by atoms with van der Waals surface area (Å²) in [5.41, 5.74) is 0. The molecule has 1 radical (unpaired) electrons. The Hall–Kier alpha value is 0.779. The van der Waals surface area contributed by atoms with Gasteiger partial charge in [0.2, 0.25) is 0 Å². The van der Waals surface area contributed by atoms with Crippen molar-refractivity contribution in [1.29, 1.82) is 0 Å². The maximum Gasteiger partial charge on any atom is 2.00 e. The van der Waals surface area contributed by atoms with Crippen LogP contribution in [-0.4, -0.2) is 0 Å². The van der Waals surface area contributed by atoms with E-state index in [-0.39, 0.29) is 17.1 Å². The van der Waals surface area contributed by atoms with Crippen molar-refractivity contribution >= 4 is 15.6 Å². The molecule has 0 N–H and O–H groups in total. The Morgan fingerprint density at radius 1 is 0.900 bits per heavy atom. The van der Waals surface area contributed by atoms with Crippen molar-refractivity contribution in [3.05, 3.63) is 0 Å². The van der Waals surface area contributed by atoms with Crippen molar-refractivity contribution < 1.29 is 50.1 Å². The molecule has 0 saturated heterocycles. The normalized spacial score (nSPS) is 12.4. The largest absolute Gasteiger partial charge is 2.00 e. The monoisotopic (exact) mass is 237 g/mol. The van der Waals surface area contributed by atoms with E-state index in [9.17, 15) is 28.7 Å². The fourth-order valence-electron chi connectivity index (χ4n) is 0.122. The van der Waals surface area contributed by atoms with Gasteiger partial charge >= 0.3 is 17.1 Å². The molecule has 0 aromatic rings. The van der Waals surface area contributed by atoms with Gasteiger partial charge in [-0.15, -0.1) is 0 Å². The third-order valence-corrected chi connectivity index (χ3v) is 1.80. The first-order valence-electron chi connectivity index (χ1n) is 1.46. The summed E-state index contributed by atoms with van der Waals surface area (Å²) in [7, 11) is -11.4. The Balaban J connectivity index is 0. The van der Waals surface area contributed by atoms with E-state index >= 15 is 0 Å². The fourth-order valence-corrected chi connectivity index (χ4v) is 1.10. The van der Waals surface area contributed by atoms with Crippen LogP contribution < -0.4 is 19.6 Å². The molecule has 0 atom stereocenters. The van der Waals surface area contributed by atoms with Crippen molar-refractivity contribution in [3.63, 3.8) is 0 Å². The first-order chi connectivity index (χ1) is 3.71. The van der Waals surface area contributed by atoms with Gasteiger partial charge in [0, 0.05) is 0 Å². The molecule has 7 nitrogen and oxygen atoms in total. The van der Waals surface area contributed by atoms with E-state index in [1.54, 1.807) is 0 Å². The van der Waals surface area contributed by atoms with Crippen LogP contribution in [0.2, 0.25) is 0 Å². The van der Waals surface area contributed by atoms with Gasteiger partial charge in [0.05, 0.1) is 15.6 Å². The maximum absolute atomic E-state index is 9.32. The Bertz CT molecular complexity index is 152. The van der Waals surface area contributed by atoms with Crippen LogP contribution in [0.3, 0.4) is 0 Å². The molecule has 0 unspecified atom stereocenters. The van der Waals surface area contributed by atoms with E-state index in [1.165, 1.54) is 0 Å². The van der Waals surface area contributed by atoms with Gasteiger partial charge in [-0.05, 0) is 0 Å². The van der Waals surface area contributed by atoms with Gasteiger partial charge in [-0.3, -0.25) is 0 Å². The molecular weight excluding hydrogens is 237 g/mol. The van der Waals surface area contributed by atoms with Gasteiger partial charge in [-0.2, -0.15) is 0 Å². The third-order valence-electron chi connectivity index (χ3n) is 0.200. The molecule has 65 valence electrons. The van der Waals surface area contributed by atoms with Crippen LogP contribution in [0.15, 0.2) is 0 Å². The van der Waals surface area contributed by atoms with Crippen molar-refractivity contribution in [2.24, 2.45) is 0 Å². The van der Waals surface area contributed by atoms with E-state index in [0.717, 1.165) is 0 Å². The molecular formula is CuO7P2-2. The second kappa shape index (κ2) is 3.97. The summed E-state index contributed by atoms with van der Waals surface area (Å²) < 4.78 is 21.2. The number of rotatable bonds is 2. The SMILES string of the molecule is O=P([O-])([O-])OP(=O)([O-])[O-].[Cu+2]. The Kier molecular flexibility index (Phi) is 5.31. The van der Waals surface area contributed by atoms with Crippen molar-refractivity contribution in [2.45, 2.75) is 0 Å². The molecule has 0 bridgehead atoms. The van der Waals surface area contributed by atoms with Crippen molar-refractivity contribution in [1.82, 2.24) is 0 Å². The average molecular weight is 237 g/mol. The van der Waals surface area contributed by atoms with Crippen LogP contribution in [0.4, 0.5) is 0 Å². The molecule has 10 heavy (non-hydrogen) atoms. The van der Waals surface area contributed by atoms with E-state index in [0.29, 0.717) is 0 Å². The smallest absolute Gasteiger partial charge is 0.790 e. The molecule has 0 aliphatic carbocycles. The minimum absolute atomic E-state index is 0. The van der Waals surface area contributed by atoms with Gasteiger partial charge in [0.1, 0.15) is 0 Å². The standard InChI is InChI=1S/Cu.H4O7P2/c;1-8(2,3)7-9(4,5)6/h;(H2,1,2,3)(H2,4,5,6)/q+2;/p-4. The van der Waals surface area contributed by atoms with Crippen LogP contribution in [0.1, 0.15) is 0 Å². The van der Waals surface area contributed by atoms with Gasteiger partial charge in [-0.25, -0.2) is 0 Å². The van der Waals surface area contributed by atoms with Crippen LogP contribution in [-0.2, 0) is 30.5 Å². The number of phosphoric acid groups is 2. The van der Waals surface area contributed by atoms with Crippen molar-refractivity contribution in [3.8, 4) is 0 Å². The minimum Gasteiger partial charge on any atom is -0.790 e. The molecule has 0 amide bonds. The molecule has 10 heteroatoms. The molecule has 0 fully saturated rings. The molecule has 0 spiro atoms. The quantitative estimate of drug-likeness (QED) is 0.362. The van der Waals surface area contributed by atoms with Gasteiger partial charge < -0.3 is 33.0 Å². The molecule has 0 aliphatic rings. The Labute approximate surface area is 66.4 Å². The van der Waals surface area contributed by atoms with Crippen LogP contribution in [0.5, 0.6) is 0 Å². The molecule has 0 rings (SSSR count). The van der Waals surface area contributed by atoms with Crippen LogP contribution >= 0.6 is 15.6 Å². The molecule has 0 heterocycles. The first kappa shape index (κ1) is 13.4. The van der Waals surface area contributed by atoms with Gasteiger partial charge in [0.25, 0.3) is 0 Å². The number of hydrogen-bond acceptors (Lipinski definition) is 7. The first-order valence-corrected chi connectivity index (χ1v) is 4.38. The average Bonchev–Trinajstić information content (AvgIpc) is 1.14. The summed E-state index contributed by atoms with van der Waals surface area (Å²) >= 11 is 0. The number of hydrogen-bond donors (Lipinski definition) is 0. The Morgan fingerprint density at radius 2 is 1.10 bits per heavy atom. The molecule has 0 aromatic heterocycles. The summed E-state index contributed by atoms with van der Waals surface area (Å²) in [4.78, 5) is 37.3. The van der Waals surface area contributed by atoms with E-state index in [1.807, 2.05) is 0 Å². The maximum atomic E-state index is 9.32. The van der Waals surface area contributed by atoms with Crippen molar-refractivity contribution in [2.75, 3.05) is 0 Å². The minimum atomic E-state index is -5.68. The zero-order valence-electron chi connectivity index (χ0n) is 4.05. The van der Waals surface area contributed by atoms with Gasteiger partial charge in [-0.1, -0.05) is 0 Å². The summed E-state index contributed by atoms with van der Waals surface area (Å²) in [5, 5.41) is 0.